The van der Waals surface area contributed by atoms with Crippen molar-refractivity contribution in [2.24, 2.45) is 11.8 Å². The number of hydrogen-bond donors (Lipinski definition) is 1. The predicted octanol–water partition coefficient (Wildman–Crippen LogP) is 3.45. The Morgan fingerprint density at radius 3 is 2.94 bits per heavy atom. The quantitative estimate of drug-likeness (QED) is 0.869. The summed E-state index contributed by atoms with van der Waals surface area (Å²) in [6, 6.07) is 0.704. The number of nitrogens with one attached hydrogen (secondary N) is 1. The second kappa shape index (κ2) is 5.78. The molecule has 2 atom stereocenters. The van der Waals surface area contributed by atoms with Gasteiger partial charge in [-0.2, -0.15) is 0 Å². The van der Waals surface area contributed by atoms with Crippen LogP contribution in [0.3, 0.4) is 0 Å². The Morgan fingerprint density at radius 2 is 2.25 bits per heavy atom. The summed E-state index contributed by atoms with van der Waals surface area (Å²) in [4.78, 5) is 4.33. The molecule has 2 unspecified atom stereocenters. The minimum absolute atomic E-state index is 0.704. The van der Waals surface area contributed by atoms with Crippen molar-refractivity contribution in [3.8, 4) is 0 Å². The van der Waals surface area contributed by atoms with Crippen LogP contribution in [0.4, 0.5) is 0 Å². The first-order chi connectivity index (χ1) is 7.77. The molecule has 0 spiro atoms. The summed E-state index contributed by atoms with van der Waals surface area (Å²) >= 11 is 1.68. The smallest absolute Gasteiger partial charge is 0.0795 e. The van der Waals surface area contributed by atoms with Crippen LogP contribution in [0.15, 0.2) is 10.9 Å². The van der Waals surface area contributed by atoms with Crippen LogP contribution in [0, 0.1) is 11.8 Å². The van der Waals surface area contributed by atoms with Crippen molar-refractivity contribution in [1.29, 1.82) is 0 Å². The third kappa shape index (κ3) is 3.05. The van der Waals surface area contributed by atoms with E-state index in [4.69, 9.17) is 0 Å². The van der Waals surface area contributed by atoms with E-state index in [1.807, 2.05) is 5.51 Å². The van der Waals surface area contributed by atoms with Gasteiger partial charge in [-0.25, -0.2) is 4.98 Å². The van der Waals surface area contributed by atoms with Crippen molar-refractivity contribution < 1.29 is 0 Å². The second-order valence-electron chi connectivity index (χ2n) is 5.16. The summed E-state index contributed by atoms with van der Waals surface area (Å²) in [5, 5.41) is 5.84. The van der Waals surface area contributed by atoms with Crippen molar-refractivity contribution in [1.82, 2.24) is 10.3 Å². The van der Waals surface area contributed by atoms with Gasteiger partial charge in [-0.1, -0.05) is 26.7 Å². The van der Waals surface area contributed by atoms with E-state index < -0.39 is 0 Å². The maximum absolute atomic E-state index is 4.33. The van der Waals surface area contributed by atoms with Crippen LogP contribution in [0.25, 0.3) is 0 Å². The highest BCUT2D eigenvalue weighted by Gasteiger charge is 2.26. The average molecular weight is 238 g/mol. The fourth-order valence-corrected chi connectivity index (χ4v) is 3.33. The summed E-state index contributed by atoms with van der Waals surface area (Å²) in [5.41, 5.74) is 3.11. The van der Waals surface area contributed by atoms with Gasteiger partial charge in [0.2, 0.25) is 0 Å². The van der Waals surface area contributed by atoms with Crippen molar-refractivity contribution in [2.75, 3.05) is 0 Å². The summed E-state index contributed by atoms with van der Waals surface area (Å²) in [5.74, 6) is 1.65. The average Bonchev–Trinajstić information content (AvgIpc) is 2.79. The van der Waals surface area contributed by atoms with Gasteiger partial charge in [0.25, 0.3) is 0 Å². The normalized spacial score (nSPS) is 26.2. The zero-order valence-corrected chi connectivity index (χ0v) is 11.1. The molecule has 1 aromatic heterocycles. The topological polar surface area (TPSA) is 24.9 Å². The molecular formula is C13H22N2S. The molecule has 3 heteroatoms. The largest absolute Gasteiger partial charge is 0.308 e. The number of thiazole rings is 1. The maximum Gasteiger partial charge on any atom is 0.0795 e. The van der Waals surface area contributed by atoms with E-state index in [0.717, 1.165) is 18.4 Å². The van der Waals surface area contributed by atoms with Gasteiger partial charge in [0.05, 0.1) is 11.2 Å². The Labute approximate surface area is 102 Å². The molecule has 0 aromatic carbocycles. The number of hydrogen-bond acceptors (Lipinski definition) is 3. The Hall–Kier alpha value is -0.410. The fraction of sp³-hybridized carbons (Fsp3) is 0.769. The fourth-order valence-electron chi connectivity index (χ4n) is 2.77. The molecule has 1 saturated carbocycles. The van der Waals surface area contributed by atoms with E-state index in [1.54, 1.807) is 11.3 Å². The molecule has 2 rings (SSSR count). The minimum Gasteiger partial charge on any atom is -0.308 e. The standard InChI is InChI=1S/C13H22N2S/c1-10(2)12-5-3-4-6-13(12)14-7-11-8-16-9-15-11/h8-10,12-14H,3-7H2,1-2H3. The summed E-state index contributed by atoms with van der Waals surface area (Å²) in [6.07, 6.45) is 5.54. The third-order valence-corrected chi connectivity index (χ3v) is 4.34. The Morgan fingerprint density at radius 1 is 1.44 bits per heavy atom. The molecule has 0 amide bonds. The second-order valence-corrected chi connectivity index (χ2v) is 5.88. The van der Waals surface area contributed by atoms with Crippen molar-refractivity contribution in [2.45, 2.75) is 52.1 Å². The van der Waals surface area contributed by atoms with Crippen LogP contribution in [0.2, 0.25) is 0 Å². The molecule has 1 heterocycles. The predicted molar refractivity (Wildman–Crippen MR) is 69.5 cm³/mol. The summed E-state index contributed by atoms with van der Waals surface area (Å²) in [7, 11) is 0. The molecule has 0 aliphatic heterocycles. The van der Waals surface area contributed by atoms with Crippen LogP contribution in [-0.4, -0.2) is 11.0 Å². The first kappa shape index (κ1) is 12.1. The lowest BCUT2D eigenvalue weighted by atomic mass is 9.78. The number of aromatic nitrogens is 1. The van der Waals surface area contributed by atoms with Crippen molar-refractivity contribution in [3.63, 3.8) is 0 Å². The van der Waals surface area contributed by atoms with Crippen molar-refractivity contribution >= 4 is 11.3 Å². The van der Waals surface area contributed by atoms with E-state index in [9.17, 15) is 0 Å². The molecule has 1 fully saturated rings. The molecule has 1 N–H and O–H groups in total. The molecular weight excluding hydrogens is 216 g/mol. The summed E-state index contributed by atoms with van der Waals surface area (Å²) < 4.78 is 0. The zero-order chi connectivity index (χ0) is 11.4. The van der Waals surface area contributed by atoms with Crippen LogP contribution >= 0.6 is 11.3 Å². The first-order valence-electron chi connectivity index (χ1n) is 6.38. The van der Waals surface area contributed by atoms with E-state index >= 15 is 0 Å². The van der Waals surface area contributed by atoms with E-state index in [2.05, 4.69) is 29.5 Å². The highest BCUT2D eigenvalue weighted by Crippen LogP contribution is 2.30. The van der Waals surface area contributed by atoms with Gasteiger partial charge >= 0.3 is 0 Å². The number of nitrogens with zero attached hydrogens (tertiary/aromatic N) is 1. The third-order valence-electron chi connectivity index (χ3n) is 3.70. The Balaban J connectivity index is 1.86. The van der Waals surface area contributed by atoms with Gasteiger partial charge in [-0.15, -0.1) is 11.3 Å². The van der Waals surface area contributed by atoms with E-state index in [1.165, 1.54) is 31.4 Å². The Kier molecular flexibility index (Phi) is 4.36. The van der Waals surface area contributed by atoms with Gasteiger partial charge < -0.3 is 5.32 Å². The monoisotopic (exact) mass is 238 g/mol. The molecule has 0 saturated heterocycles. The molecule has 1 aliphatic rings. The SMILES string of the molecule is CC(C)C1CCCCC1NCc1cscn1. The first-order valence-corrected chi connectivity index (χ1v) is 7.32. The van der Waals surface area contributed by atoms with Gasteiger partial charge in [0.15, 0.2) is 0 Å². The molecule has 16 heavy (non-hydrogen) atoms. The summed E-state index contributed by atoms with van der Waals surface area (Å²) in [6.45, 7) is 5.65. The van der Waals surface area contributed by atoms with Gasteiger partial charge in [0.1, 0.15) is 0 Å². The van der Waals surface area contributed by atoms with E-state index in [-0.39, 0.29) is 0 Å². The lowest BCUT2D eigenvalue weighted by Gasteiger charge is -2.35. The minimum atomic E-state index is 0.704. The maximum atomic E-state index is 4.33. The van der Waals surface area contributed by atoms with Crippen LogP contribution in [0.5, 0.6) is 0 Å². The van der Waals surface area contributed by atoms with Crippen LogP contribution in [0.1, 0.15) is 45.2 Å². The molecule has 0 radical (unpaired) electrons. The highest BCUT2D eigenvalue weighted by molar-refractivity contribution is 7.07. The van der Waals surface area contributed by atoms with Gasteiger partial charge in [-0.3, -0.25) is 0 Å². The van der Waals surface area contributed by atoms with E-state index in [0.29, 0.717) is 6.04 Å². The van der Waals surface area contributed by atoms with Crippen molar-refractivity contribution in [3.05, 3.63) is 16.6 Å². The van der Waals surface area contributed by atoms with Gasteiger partial charge in [-0.05, 0) is 24.7 Å². The molecule has 1 aliphatic carbocycles. The lowest BCUT2D eigenvalue weighted by Crippen LogP contribution is -2.40. The zero-order valence-electron chi connectivity index (χ0n) is 10.3. The lowest BCUT2D eigenvalue weighted by molar-refractivity contribution is 0.204. The molecule has 0 bridgehead atoms. The number of rotatable bonds is 4. The molecule has 2 nitrogen and oxygen atoms in total. The molecule has 90 valence electrons. The van der Waals surface area contributed by atoms with Crippen LogP contribution < -0.4 is 5.32 Å². The Bertz CT molecular complexity index is 295. The highest BCUT2D eigenvalue weighted by atomic mass is 32.1. The van der Waals surface area contributed by atoms with Crippen LogP contribution in [-0.2, 0) is 6.54 Å². The molecule has 1 aromatic rings. The van der Waals surface area contributed by atoms with Gasteiger partial charge in [0, 0.05) is 18.0 Å².